The molecule has 0 amide bonds. The molecule has 16 heavy (non-hydrogen) atoms. The first-order chi connectivity index (χ1) is 7.70. The van der Waals surface area contributed by atoms with Crippen LogP contribution in [0.4, 0.5) is 5.82 Å². The number of rotatable bonds is 2. The second kappa shape index (κ2) is 4.33. The predicted molar refractivity (Wildman–Crippen MR) is 63.9 cm³/mol. The summed E-state index contributed by atoms with van der Waals surface area (Å²) in [5.74, 6) is 0.373. The maximum Gasteiger partial charge on any atom is 0.129 e. The van der Waals surface area contributed by atoms with Crippen molar-refractivity contribution >= 4 is 5.82 Å². The van der Waals surface area contributed by atoms with Gasteiger partial charge in [0.25, 0.3) is 0 Å². The Morgan fingerprint density at radius 2 is 1.81 bits per heavy atom. The van der Waals surface area contributed by atoms with Crippen LogP contribution in [0.1, 0.15) is 22.8 Å². The van der Waals surface area contributed by atoms with Crippen LogP contribution in [0.5, 0.6) is 0 Å². The minimum Gasteiger partial charge on any atom is -0.384 e. The highest BCUT2D eigenvalue weighted by molar-refractivity contribution is 5.45. The molecule has 0 aliphatic rings. The molecule has 1 aromatic carbocycles. The van der Waals surface area contributed by atoms with Gasteiger partial charge in [0.15, 0.2) is 0 Å². The van der Waals surface area contributed by atoms with Crippen molar-refractivity contribution in [2.45, 2.75) is 13.0 Å². The Balaban J connectivity index is 2.44. The van der Waals surface area contributed by atoms with Gasteiger partial charge in [0.05, 0.1) is 0 Å². The van der Waals surface area contributed by atoms with E-state index in [1.165, 1.54) is 0 Å². The molecule has 82 valence electrons. The number of aryl methyl sites for hydroxylation is 1. The summed E-state index contributed by atoms with van der Waals surface area (Å²) in [6.45, 7) is 1.96. The van der Waals surface area contributed by atoms with Gasteiger partial charge in [-0.25, -0.2) is 4.98 Å². The van der Waals surface area contributed by atoms with Gasteiger partial charge >= 0.3 is 0 Å². The zero-order valence-corrected chi connectivity index (χ0v) is 9.09. The fourth-order valence-electron chi connectivity index (χ4n) is 1.72. The third-order valence-electron chi connectivity index (χ3n) is 2.65. The van der Waals surface area contributed by atoms with E-state index >= 15 is 0 Å². The fourth-order valence-corrected chi connectivity index (χ4v) is 1.72. The number of hydrogen-bond acceptors (Lipinski definition) is 3. The van der Waals surface area contributed by atoms with Crippen molar-refractivity contribution in [3.8, 4) is 0 Å². The molecule has 2 rings (SSSR count). The van der Waals surface area contributed by atoms with Crippen molar-refractivity contribution in [1.29, 1.82) is 0 Å². The van der Waals surface area contributed by atoms with Crippen molar-refractivity contribution in [2.24, 2.45) is 0 Å². The number of aliphatic hydroxyl groups is 1. The molecule has 0 saturated heterocycles. The third kappa shape index (κ3) is 1.90. The number of pyridine rings is 1. The SMILES string of the molecule is Cc1ccccc1C(O)c1cccnc1N. The lowest BCUT2D eigenvalue weighted by molar-refractivity contribution is 0.220. The van der Waals surface area contributed by atoms with Gasteiger partial charge in [-0.05, 0) is 24.1 Å². The lowest BCUT2D eigenvalue weighted by atomic mass is 9.98. The summed E-state index contributed by atoms with van der Waals surface area (Å²) >= 11 is 0. The van der Waals surface area contributed by atoms with E-state index < -0.39 is 6.10 Å². The van der Waals surface area contributed by atoms with Crippen LogP contribution in [0.3, 0.4) is 0 Å². The van der Waals surface area contributed by atoms with E-state index in [-0.39, 0.29) is 0 Å². The molecule has 1 unspecified atom stereocenters. The van der Waals surface area contributed by atoms with E-state index in [0.717, 1.165) is 11.1 Å². The van der Waals surface area contributed by atoms with Crippen molar-refractivity contribution in [1.82, 2.24) is 4.98 Å². The molecule has 0 fully saturated rings. The van der Waals surface area contributed by atoms with Crippen molar-refractivity contribution in [3.05, 3.63) is 59.3 Å². The average Bonchev–Trinajstić information content (AvgIpc) is 2.29. The van der Waals surface area contributed by atoms with Gasteiger partial charge < -0.3 is 10.8 Å². The Morgan fingerprint density at radius 3 is 2.50 bits per heavy atom. The molecular weight excluding hydrogens is 200 g/mol. The van der Waals surface area contributed by atoms with E-state index in [2.05, 4.69) is 4.98 Å². The Bertz CT molecular complexity index is 451. The van der Waals surface area contributed by atoms with Crippen molar-refractivity contribution in [2.75, 3.05) is 5.73 Å². The Kier molecular flexibility index (Phi) is 2.88. The van der Waals surface area contributed by atoms with Crippen molar-refractivity contribution < 1.29 is 5.11 Å². The van der Waals surface area contributed by atoms with Gasteiger partial charge in [-0.1, -0.05) is 30.3 Å². The van der Waals surface area contributed by atoms with Gasteiger partial charge in [0.2, 0.25) is 0 Å². The first-order valence-electron chi connectivity index (χ1n) is 5.14. The van der Waals surface area contributed by atoms with Crippen LogP contribution in [0.15, 0.2) is 42.6 Å². The number of aromatic nitrogens is 1. The number of aliphatic hydroxyl groups excluding tert-OH is 1. The standard InChI is InChI=1S/C13H14N2O/c1-9-5-2-3-6-10(9)12(16)11-7-4-8-15-13(11)14/h2-8,12,16H,1H3,(H2,14,15). The summed E-state index contributed by atoms with van der Waals surface area (Å²) in [5.41, 5.74) is 8.29. The molecular formula is C13H14N2O. The summed E-state index contributed by atoms with van der Waals surface area (Å²) in [5, 5.41) is 10.2. The maximum absolute atomic E-state index is 10.2. The minimum atomic E-state index is -0.713. The van der Waals surface area contributed by atoms with Crippen LogP contribution in [-0.4, -0.2) is 10.1 Å². The molecule has 1 heterocycles. The highest BCUT2D eigenvalue weighted by Gasteiger charge is 2.15. The number of benzene rings is 1. The Hall–Kier alpha value is -1.87. The maximum atomic E-state index is 10.2. The smallest absolute Gasteiger partial charge is 0.129 e. The molecule has 0 spiro atoms. The number of nitrogen functional groups attached to an aromatic ring is 1. The molecule has 1 atom stereocenters. The summed E-state index contributed by atoms with van der Waals surface area (Å²) in [6.07, 6.45) is 0.901. The molecule has 0 aliphatic carbocycles. The van der Waals surface area contributed by atoms with Crippen LogP contribution in [-0.2, 0) is 0 Å². The average molecular weight is 214 g/mol. The monoisotopic (exact) mass is 214 g/mol. The van der Waals surface area contributed by atoms with E-state index in [9.17, 15) is 5.11 Å². The molecule has 3 N–H and O–H groups in total. The topological polar surface area (TPSA) is 59.1 Å². The zero-order valence-electron chi connectivity index (χ0n) is 9.09. The first kappa shape index (κ1) is 10.6. The van der Waals surface area contributed by atoms with E-state index in [1.807, 2.05) is 31.2 Å². The Labute approximate surface area is 94.6 Å². The van der Waals surface area contributed by atoms with E-state index in [0.29, 0.717) is 11.4 Å². The minimum absolute atomic E-state index is 0.373. The lowest BCUT2D eigenvalue weighted by Gasteiger charge is -2.15. The van der Waals surface area contributed by atoms with Gasteiger partial charge in [-0.2, -0.15) is 0 Å². The second-order valence-electron chi connectivity index (χ2n) is 3.74. The van der Waals surface area contributed by atoms with Crippen LogP contribution >= 0.6 is 0 Å². The fraction of sp³-hybridized carbons (Fsp3) is 0.154. The van der Waals surface area contributed by atoms with Crippen LogP contribution in [0.2, 0.25) is 0 Å². The Morgan fingerprint density at radius 1 is 1.12 bits per heavy atom. The first-order valence-corrected chi connectivity index (χ1v) is 5.14. The third-order valence-corrected chi connectivity index (χ3v) is 2.65. The molecule has 3 heteroatoms. The molecule has 1 aromatic heterocycles. The lowest BCUT2D eigenvalue weighted by Crippen LogP contribution is -2.06. The van der Waals surface area contributed by atoms with Crippen LogP contribution in [0.25, 0.3) is 0 Å². The van der Waals surface area contributed by atoms with Gasteiger partial charge in [-0.3, -0.25) is 0 Å². The molecule has 0 radical (unpaired) electrons. The van der Waals surface area contributed by atoms with Gasteiger partial charge in [0.1, 0.15) is 11.9 Å². The number of hydrogen-bond donors (Lipinski definition) is 2. The van der Waals surface area contributed by atoms with Gasteiger partial charge in [-0.15, -0.1) is 0 Å². The van der Waals surface area contributed by atoms with Crippen LogP contribution < -0.4 is 5.73 Å². The number of anilines is 1. The normalized spacial score (nSPS) is 12.4. The van der Waals surface area contributed by atoms with E-state index in [1.54, 1.807) is 18.3 Å². The van der Waals surface area contributed by atoms with E-state index in [4.69, 9.17) is 5.73 Å². The number of nitrogens with zero attached hydrogens (tertiary/aromatic N) is 1. The summed E-state index contributed by atoms with van der Waals surface area (Å²) in [6, 6.07) is 11.3. The van der Waals surface area contributed by atoms with Crippen LogP contribution in [0, 0.1) is 6.92 Å². The molecule has 0 bridgehead atoms. The second-order valence-corrected chi connectivity index (χ2v) is 3.74. The molecule has 2 aromatic rings. The molecule has 0 saturated carbocycles. The summed E-state index contributed by atoms with van der Waals surface area (Å²) in [4.78, 5) is 3.97. The highest BCUT2D eigenvalue weighted by Crippen LogP contribution is 2.26. The number of nitrogens with two attached hydrogens (primary N) is 1. The summed E-state index contributed by atoms with van der Waals surface area (Å²) in [7, 11) is 0. The summed E-state index contributed by atoms with van der Waals surface area (Å²) < 4.78 is 0. The molecule has 0 aliphatic heterocycles. The van der Waals surface area contributed by atoms with Crippen molar-refractivity contribution in [3.63, 3.8) is 0 Å². The quantitative estimate of drug-likeness (QED) is 0.804. The zero-order chi connectivity index (χ0) is 11.5. The predicted octanol–water partition coefficient (Wildman–Crippen LogP) is 2.05. The van der Waals surface area contributed by atoms with Gasteiger partial charge in [0, 0.05) is 11.8 Å². The molecule has 3 nitrogen and oxygen atoms in total. The largest absolute Gasteiger partial charge is 0.384 e. The highest BCUT2D eigenvalue weighted by atomic mass is 16.3.